The molecule has 0 saturated carbocycles. The summed E-state index contributed by atoms with van der Waals surface area (Å²) in [5, 5.41) is 6.64. The molecule has 0 aliphatic carbocycles. The summed E-state index contributed by atoms with van der Waals surface area (Å²) in [5.41, 5.74) is 2.22. The maximum absolute atomic E-state index is 11.9. The van der Waals surface area contributed by atoms with Crippen LogP contribution < -0.4 is 10.6 Å². The SMILES string of the molecule is CCCCCNC(=O)c1cnc(Nc2cccc(Cl)c2C)nc1. The number of aromatic nitrogens is 2. The van der Waals surface area contributed by atoms with Gasteiger partial charge in [0.1, 0.15) is 0 Å². The molecule has 2 aromatic rings. The number of carbonyl (C=O) groups is 1. The van der Waals surface area contributed by atoms with Gasteiger partial charge in [0.15, 0.2) is 0 Å². The number of anilines is 2. The Morgan fingerprint density at radius 2 is 1.96 bits per heavy atom. The second-order valence-electron chi connectivity index (χ2n) is 5.30. The lowest BCUT2D eigenvalue weighted by molar-refractivity contribution is 0.0952. The van der Waals surface area contributed by atoms with Gasteiger partial charge < -0.3 is 10.6 Å². The van der Waals surface area contributed by atoms with Gasteiger partial charge in [0.05, 0.1) is 5.56 Å². The normalized spacial score (nSPS) is 10.4. The maximum atomic E-state index is 11.9. The number of nitrogens with one attached hydrogen (secondary N) is 2. The van der Waals surface area contributed by atoms with Crippen molar-refractivity contribution in [2.45, 2.75) is 33.1 Å². The van der Waals surface area contributed by atoms with Crippen molar-refractivity contribution in [3.05, 3.63) is 46.7 Å². The number of hydrogen-bond acceptors (Lipinski definition) is 4. The Balaban J connectivity index is 1.96. The van der Waals surface area contributed by atoms with Crippen molar-refractivity contribution >= 4 is 29.1 Å². The number of amides is 1. The zero-order valence-corrected chi connectivity index (χ0v) is 14.2. The van der Waals surface area contributed by atoms with E-state index in [9.17, 15) is 4.79 Å². The molecule has 0 bridgehead atoms. The minimum absolute atomic E-state index is 0.147. The lowest BCUT2D eigenvalue weighted by Crippen LogP contribution is -2.24. The summed E-state index contributed by atoms with van der Waals surface area (Å²) in [6, 6.07) is 5.59. The summed E-state index contributed by atoms with van der Waals surface area (Å²) >= 11 is 6.08. The number of hydrogen-bond donors (Lipinski definition) is 2. The Labute approximate surface area is 141 Å². The fourth-order valence-electron chi connectivity index (χ4n) is 2.05. The Bertz CT molecular complexity index is 658. The summed E-state index contributed by atoms with van der Waals surface area (Å²) in [5.74, 6) is 0.282. The summed E-state index contributed by atoms with van der Waals surface area (Å²) in [7, 11) is 0. The summed E-state index contributed by atoms with van der Waals surface area (Å²) in [6.07, 6.45) is 6.26. The summed E-state index contributed by atoms with van der Waals surface area (Å²) in [4.78, 5) is 20.3. The van der Waals surface area contributed by atoms with E-state index in [0.717, 1.165) is 30.5 Å². The third-order valence-corrected chi connectivity index (χ3v) is 3.90. The average molecular weight is 333 g/mol. The fraction of sp³-hybridized carbons (Fsp3) is 0.353. The lowest BCUT2D eigenvalue weighted by Gasteiger charge is -2.09. The predicted octanol–water partition coefficient (Wildman–Crippen LogP) is 4.10. The van der Waals surface area contributed by atoms with Crippen molar-refractivity contribution < 1.29 is 4.79 Å². The van der Waals surface area contributed by atoms with Crippen LogP contribution in [-0.4, -0.2) is 22.4 Å². The molecule has 1 amide bonds. The van der Waals surface area contributed by atoms with Gasteiger partial charge in [0, 0.05) is 29.6 Å². The molecule has 2 N–H and O–H groups in total. The van der Waals surface area contributed by atoms with Crippen LogP contribution in [-0.2, 0) is 0 Å². The minimum atomic E-state index is -0.147. The molecule has 0 unspecified atom stereocenters. The monoisotopic (exact) mass is 332 g/mol. The molecule has 122 valence electrons. The minimum Gasteiger partial charge on any atom is -0.352 e. The van der Waals surface area contributed by atoms with Gasteiger partial charge in [-0.3, -0.25) is 4.79 Å². The van der Waals surface area contributed by atoms with Crippen molar-refractivity contribution in [3.63, 3.8) is 0 Å². The molecular weight excluding hydrogens is 312 g/mol. The molecule has 5 nitrogen and oxygen atoms in total. The quantitative estimate of drug-likeness (QED) is 0.749. The van der Waals surface area contributed by atoms with Crippen LogP contribution in [0.2, 0.25) is 5.02 Å². The van der Waals surface area contributed by atoms with E-state index in [-0.39, 0.29) is 5.91 Å². The van der Waals surface area contributed by atoms with Gasteiger partial charge in [0.2, 0.25) is 5.95 Å². The van der Waals surface area contributed by atoms with Crippen molar-refractivity contribution in [3.8, 4) is 0 Å². The van der Waals surface area contributed by atoms with E-state index in [1.165, 1.54) is 12.4 Å². The van der Waals surface area contributed by atoms with Crippen molar-refractivity contribution in [1.82, 2.24) is 15.3 Å². The van der Waals surface area contributed by atoms with Gasteiger partial charge >= 0.3 is 0 Å². The van der Waals surface area contributed by atoms with Gasteiger partial charge in [0.25, 0.3) is 5.91 Å². The number of halogens is 1. The van der Waals surface area contributed by atoms with Crippen LogP contribution in [0.3, 0.4) is 0 Å². The molecule has 0 atom stereocenters. The van der Waals surface area contributed by atoms with Gasteiger partial charge in [-0.1, -0.05) is 37.4 Å². The number of nitrogens with zero attached hydrogens (tertiary/aromatic N) is 2. The Morgan fingerprint density at radius 1 is 1.22 bits per heavy atom. The van der Waals surface area contributed by atoms with Crippen LogP contribution >= 0.6 is 11.6 Å². The first-order chi connectivity index (χ1) is 11.1. The highest BCUT2D eigenvalue weighted by Crippen LogP contribution is 2.24. The summed E-state index contributed by atoms with van der Waals surface area (Å²) in [6.45, 7) is 4.72. The largest absolute Gasteiger partial charge is 0.352 e. The molecule has 1 heterocycles. The van der Waals surface area contributed by atoms with Crippen LogP contribution in [0.15, 0.2) is 30.6 Å². The van der Waals surface area contributed by atoms with Crippen LogP contribution in [0.1, 0.15) is 42.1 Å². The Hall–Kier alpha value is -2.14. The zero-order valence-electron chi connectivity index (χ0n) is 13.4. The molecule has 0 saturated heterocycles. The smallest absolute Gasteiger partial charge is 0.254 e. The van der Waals surface area contributed by atoms with Crippen LogP contribution in [0.25, 0.3) is 0 Å². The van der Waals surface area contributed by atoms with E-state index in [0.29, 0.717) is 23.1 Å². The molecule has 6 heteroatoms. The Kier molecular flexibility index (Phi) is 6.35. The molecular formula is C17H21ClN4O. The van der Waals surface area contributed by atoms with Crippen LogP contribution in [0.5, 0.6) is 0 Å². The van der Waals surface area contributed by atoms with E-state index in [1.54, 1.807) is 0 Å². The molecule has 23 heavy (non-hydrogen) atoms. The average Bonchev–Trinajstić information content (AvgIpc) is 2.56. The highest BCUT2D eigenvalue weighted by molar-refractivity contribution is 6.31. The third-order valence-electron chi connectivity index (χ3n) is 3.49. The Morgan fingerprint density at radius 3 is 2.65 bits per heavy atom. The molecule has 0 aliphatic heterocycles. The maximum Gasteiger partial charge on any atom is 0.254 e. The number of rotatable bonds is 7. The first kappa shape index (κ1) is 17.2. The predicted molar refractivity (Wildman–Crippen MR) is 93.4 cm³/mol. The third kappa shape index (κ3) is 4.93. The molecule has 0 spiro atoms. The van der Waals surface area contributed by atoms with Gasteiger partial charge in [-0.15, -0.1) is 0 Å². The standard InChI is InChI=1S/C17H21ClN4O/c1-3-4-5-9-19-16(23)13-10-20-17(21-11-13)22-15-8-6-7-14(18)12(15)2/h6-8,10-11H,3-5,9H2,1-2H3,(H,19,23)(H,20,21,22). The van der Waals surface area contributed by atoms with Crippen molar-refractivity contribution in [2.24, 2.45) is 0 Å². The van der Waals surface area contributed by atoms with Gasteiger partial charge in [-0.2, -0.15) is 0 Å². The van der Waals surface area contributed by atoms with E-state index >= 15 is 0 Å². The number of unbranched alkanes of at least 4 members (excludes halogenated alkanes) is 2. The van der Waals surface area contributed by atoms with E-state index in [1.807, 2.05) is 25.1 Å². The van der Waals surface area contributed by atoms with E-state index in [2.05, 4.69) is 27.5 Å². The van der Waals surface area contributed by atoms with E-state index < -0.39 is 0 Å². The molecule has 0 aliphatic rings. The van der Waals surface area contributed by atoms with Crippen molar-refractivity contribution in [2.75, 3.05) is 11.9 Å². The second-order valence-corrected chi connectivity index (χ2v) is 5.70. The molecule has 2 rings (SSSR count). The van der Waals surface area contributed by atoms with Gasteiger partial charge in [-0.05, 0) is 31.0 Å². The zero-order chi connectivity index (χ0) is 16.7. The second kappa shape index (κ2) is 8.48. The molecule has 0 radical (unpaired) electrons. The molecule has 1 aromatic carbocycles. The van der Waals surface area contributed by atoms with Crippen LogP contribution in [0, 0.1) is 6.92 Å². The first-order valence-electron chi connectivity index (χ1n) is 7.74. The molecule has 0 fully saturated rings. The van der Waals surface area contributed by atoms with E-state index in [4.69, 9.17) is 11.6 Å². The number of benzene rings is 1. The van der Waals surface area contributed by atoms with Crippen LogP contribution in [0.4, 0.5) is 11.6 Å². The highest BCUT2D eigenvalue weighted by Gasteiger charge is 2.08. The number of carbonyl (C=O) groups excluding carboxylic acids is 1. The molecule has 1 aromatic heterocycles. The first-order valence-corrected chi connectivity index (χ1v) is 8.12. The highest BCUT2D eigenvalue weighted by atomic mass is 35.5. The topological polar surface area (TPSA) is 66.9 Å². The lowest BCUT2D eigenvalue weighted by atomic mass is 10.2. The van der Waals surface area contributed by atoms with Crippen molar-refractivity contribution in [1.29, 1.82) is 0 Å². The summed E-state index contributed by atoms with van der Waals surface area (Å²) < 4.78 is 0. The fourth-order valence-corrected chi connectivity index (χ4v) is 2.23. The van der Waals surface area contributed by atoms with Gasteiger partial charge in [-0.25, -0.2) is 9.97 Å².